The first kappa shape index (κ1) is 18.5. The largest absolute Gasteiger partial charge is 0.339 e. The molecule has 2 aromatic heterocycles. The highest BCUT2D eigenvalue weighted by Gasteiger charge is 2.15. The lowest BCUT2D eigenvalue weighted by Gasteiger charge is -2.18. The van der Waals surface area contributed by atoms with E-state index < -0.39 is 0 Å². The van der Waals surface area contributed by atoms with Crippen molar-refractivity contribution in [3.05, 3.63) is 41.1 Å². The van der Waals surface area contributed by atoms with Gasteiger partial charge in [0.2, 0.25) is 11.8 Å². The van der Waals surface area contributed by atoms with Crippen molar-refractivity contribution in [3.63, 3.8) is 0 Å². The molecule has 2 aromatic rings. The van der Waals surface area contributed by atoms with Crippen molar-refractivity contribution in [2.24, 2.45) is 4.99 Å². The molecule has 0 aromatic carbocycles. The second-order valence-corrected chi connectivity index (χ2v) is 7.45. The van der Waals surface area contributed by atoms with Crippen LogP contribution < -0.4 is 5.49 Å². The van der Waals surface area contributed by atoms with E-state index in [1.807, 2.05) is 39.1 Å². The van der Waals surface area contributed by atoms with Crippen LogP contribution in [0.25, 0.3) is 0 Å². The topological polar surface area (TPSA) is 73.3 Å². The standard InChI is InChI=1S/C20H28N4O2/c1-14(2)20-22-18(26-23-20)9-10-19(25)24-12-11-15(3)13-17(24)21-16-7-5-4-6-8-16/h11-14,16H,4-10H2,1-3H3. The van der Waals surface area contributed by atoms with E-state index in [0.717, 1.165) is 23.9 Å². The molecular formula is C20H28N4O2. The van der Waals surface area contributed by atoms with Gasteiger partial charge in [-0.3, -0.25) is 14.4 Å². The molecule has 0 N–H and O–H groups in total. The van der Waals surface area contributed by atoms with Gasteiger partial charge in [-0.2, -0.15) is 4.98 Å². The minimum absolute atomic E-state index is 0.00357. The third-order valence-corrected chi connectivity index (χ3v) is 4.80. The van der Waals surface area contributed by atoms with Crippen LogP contribution in [0, 0.1) is 6.92 Å². The molecule has 1 saturated carbocycles. The van der Waals surface area contributed by atoms with E-state index >= 15 is 0 Å². The predicted molar refractivity (Wildman–Crippen MR) is 98.9 cm³/mol. The SMILES string of the molecule is Cc1ccn(C(=O)CCc2nc(C(C)C)no2)c(=NC2CCCCC2)c1. The van der Waals surface area contributed by atoms with Crippen LogP contribution in [0.4, 0.5) is 0 Å². The first-order valence-electron chi connectivity index (χ1n) is 9.62. The Morgan fingerprint density at radius 3 is 2.81 bits per heavy atom. The van der Waals surface area contributed by atoms with Crippen LogP contribution in [0.2, 0.25) is 0 Å². The summed E-state index contributed by atoms with van der Waals surface area (Å²) >= 11 is 0. The second kappa shape index (κ2) is 8.43. The first-order valence-corrected chi connectivity index (χ1v) is 9.62. The van der Waals surface area contributed by atoms with E-state index in [2.05, 4.69) is 10.1 Å². The molecular weight excluding hydrogens is 328 g/mol. The van der Waals surface area contributed by atoms with Gasteiger partial charge in [-0.25, -0.2) is 0 Å². The monoisotopic (exact) mass is 356 g/mol. The van der Waals surface area contributed by atoms with Gasteiger partial charge in [-0.15, -0.1) is 0 Å². The number of carbonyl (C=O) groups is 1. The molecule has 1 fully saturated rings. The van der Waals surface area contributed by atoms with Crippen LogP contribution in [0.5, 0.6) is 0 Å². The molecule has 140 valence electrons. The minimum Gasteiger partial charge on any atom is -0.339 e. The molecule has 0 spiro atoms. The first-order chi connectivity index (χ1) is 12.5. The Labute approximate surface area is 154 Å². The van der Waals surface area contributed by atoms with E-state index in [4.69, 9.17) is 9.52 Å². The molecule has 0 amide bonds. The summed E-state index contributed by atoms with van der Waals surface area (Å²) < 4.78 is 6.91. The molecule has 1 aliphatic rings. The molecule has 3 rings (SSSR count). The molecule has 0 saturated heterocycles. The highest BCUT2D eigenvalue weighted by Crippen LogP contribution is 2.19. The fourth-order valence-corrected chi connectivity index (χ4v) is 3.24. The number of carbonyl (C=O) groups excluding carboxylic acids is 1. The van der Waals surface area contributed by atoms with Crippen molar-refractivity contribution < 1.29 is 9.32 Å². The smallest absolute Gasteiger partial charge is 0.232 e. The maximum atomic E-state index is 12.7. The Balaban J connectivity index is 1.74. The van der Waals surface area contributed by atoms with Crippen molar-refractivity contribution in [2.45, 2.75) is 77.7 Å². The van der Waals surface area contributed by atoms with Crippen molar-refractivity contribution in [1.82, 2.24) is 14.7 Å². The predicted octanol–water partition coefficient (Wildman–Crippen LogP) is 3.81. The summed E-state index contributed by atoms with van der Waals surface area (Å²) in [7, 11) is 0. The maximum Gasteiger partial charge on any atom is 0.232 e. The third kappa shape index (κ3) is 4.68. The fourth-order valence-electron chi connectivity index (χ4n) is 3.24. The lowest BCUT2D eigenvalue weighted by Crippen LogP contribution is -2.29. The zero-order valence-corrected chi connectivity index (χ0v) is 15.9. The van der Waals surface area contributed by atoms with Gasteiger partial charge in [-0.05, 0) is 37.5 Å². The van der Waals surface area contributed by atoms with E-state index in [1.165, 1.54) is 19.3 Å². The number of aryl methyl sites for hydroxylation is 2. The summed E-state index contributed by atoms with van der Waals surface area (Å²) in [6.07, 6.45) is 8.56. The van der Waals surface area contributed by atoms with Gasteiger partial charge in [0.15, 0.2) is 5.82 Å². The lowest BCUT2D eigenvalue weighted by atomic mass is 9.96. The number of rotatable bonds is 5. The summed E-state index contributed by atoms with van der Waals surface area (Å²) in [6, 6.07) is 4.27. The average Bonchev–Trinajstić information content (AvgIpc) is 3.10. The highest BCUT2D eigenvalue weighted by molar-refractivity contribution is 5.78. The van der Waals surface area contributed by atoms with E-state index in [1.54, 1.807) is 4.57 Å². The summed E-state index contributed by atoms with van der Waals surface area (Å²) in [5.41, 5.74) is 1.87. The molecule has 26 heavy (non-hydrogen) atoms. The number of pyridine rings is 1. The zero-order valence-electron chi connectivity index (χ0n) is 15.9. The molecule has 6 nitrogen and oxygen atoms in total. The molecule has 1 aliphatic carbocycles. The maximum absolute atomic E-state index is 12.7. The Hall–Kier alpha value is -2.24. The molecule has 0 radical (unpaired) electrons. The summed E-state index contributed by atoms with van der Waals surface area (Å²) in [5.74, 6) is 1.42. The van der Waals surface area contributed by atoms with Gasteiger partial charge in [0.25, 0.3) is 0 Å². The van der Waals surface area contributed by atoms with Gasteiger partial charge in [0.1, 0.15) is 5.49 Å². The van der Waals surface area contributed by atoms with Crippen LogP contribution in [-0.4, -0.2) is 26.7 Å². The highest BCUT2D eigenvalue weighted by atomic mass is 16.5. The van der Waals surface area contributed by atoms with Crippen LogP contribution in [0.15, 0.2) is 27.8 Å². The number of hydrogen-bond donors (Lipinski definition) is 0. The Bertz CT molecular complexity index is 813. The van der Waals surface area contributed by atoms with Crippen molar-refractivity contribution >= 4 is 5.91 Å². The van der Waals surface area contributed by atoms with Crippen LogP contribution in [0.1, 0.15) is 80.4 Å². The van der Waals surface area contributed by atoms with E-state index in [0.29, 0.717) is 30.6 Å². The zero-order chi connectivity index (χ0) is 18.5. The van der Waals surface area contributed by atoms with Gasteiger partial charge >= 0.3 is 0 Å². The summed E-state index contributed by atoms with van der Waals surface area (Å²) in [5, 5.41) is 3.95. The molecule has 6 heteroatoms. The second-order valence-electron chi connectivity index (χ2n) is 7.45. The van der Waals surface area contributed by atoms with Gasteiger partial charge in [0.05, 0.1) is 6.04 Å². The molecule has 0 bridgehead atoms. The van der Waals surface area contributed by atoms with Crippen molar-refractivity contribution in [2.75, 3.05) is 0 Å². The minimum atomic E-state index is 0.00357. The number of nitrogens with zero attached hydrogens (tertiary/aromatic N) is 4. The van der Waals surface area contributed by atoms with Crippen LogP contribution >= 0.6 is 0 Å². The summed E-state index contributed by atoms with van der Waals surface area (Å²) in [4.78, 5) is 22.0. The van der Waals surface area contributed by atoms with Crippen LogP contribution in [-0.2, 0) is 6.42 Å². The third-order valence-electron chi connectivity index (χ3n) is 4.80. The normalized spacial score (nSPS) is 16.4. The molecule has 0 unspecified atom stereocenters. The van der Waals surface area contributed by atoms with Crippen molar-refractivity contribution in [3.8, 4) is 0 Å². The number of aromatic nitrogens is 3. The summed E-state index contributed by atoms with van der Waals surface area (Å²) in [6.45, 7) is 6.06. The molecule has 2 heterocycles. The Morgan fingerprint density at radius 2 is 2.12 bits per heavy atom. The van der Waals surface area contributed by atoms with Crippen LogP contribution in [0.3, 0.4) is 0 Å². The quantitative estimate of drug-likeness (QED) is 0.816. The van der Waals surface area contributed by atoms with E-state index in [9.17, 15) is 4.79 Å². The van der Waals surface area contributed by atoms with E-state index in [-0.39, 0.29) is 11.8 Å². The Morgan fingerprint density at radius 1 is 1.35 bits per heavy atom. The molecule has 0 aliphatic heterocycles. The molecule has 0 atom stereocenters. The lowest BCUT2D eigenvalue weighted by molar-refractivity contribution is 0.0893. The fraction of sp³-hybridized carbons (Fsp3) is 0.600. The van der Waals surface area contributed by atoms with Crippen molar-refractivity contribution in [1.29, 1.82) is 0 Å². The Kier molecular flexibility index (Phi) is 6.01. The van der Waals surface area contributed by atoms with Gasteiger partial charge in [-0.1, -0.05) is 38.3 Å². The van der Waals surface area contributed by atoms with Gasteiger partial charge < -0.3 is 4.52 Å². The number of hydrogen-bond acceptors (Lipinski definition) is 5. The average molecular weight is 356 g/mol. The van der Waals surface area contributed by atoms with Gasteiger partial charge in [0, 0.05) is 25.0 Å².